The fourth-order valence-electron chi connectivity index (χ4n) is 4.29. The van der Waals surface area contributed by atoms with Crippen molar-refractivity contribution in [2.24, 2.45) is 4.99 Å². The number of amidine groups is 1. The van der Waals surface area contributed by atoms with E-state index in [1.54, 1.807) is 16.7 Å². The van der Waals surface area contributed by atoms with Crippen LogP contribution in [0.3, 0.4) is 0 Å². The number of nitrogens with one attached hydrogen (secondary N) is 1. The first-order chi connectivity index (χ1) is 18.5. The van der Waals surface area contributed by atoms with Crippen molar-refractivity contribution in [3.8, 4) is 0 Å². The van der Waals surface area contributed by atoms with Gasteiger partial charge < -0.3 is 9.88 Å². The van der Waals surface area contributed by atoms with E-state index in [0.717, 1.165) is 37.6 Å². The summed E-state index contributed by atoms with van der Waals surface area (Å²) in [6.45, 7) is 0. The highest BCUT2D eigenvalue weighted by Crippen LogP contribution is 2.32. The molecular formula is C31H25N5OS. The smallest absolute Gasteiger partial charge is 0.285 e. The van der Waals surface area contributed by atoms with Crippen LogP contribution in [0.5, 0.6) is 0 Å². The monoisotopic (exact) mass is 515 g/mol. The van der Waals surface area contributed by atoms with Crippen LogP contribution in [0.4, 0.5) is 11.6 Å². The van der Waals surface area contributed by atoms with Gasteiger partial charge in [0.2, 0.25) is 5.95 Å². The summed E-state index contributed by atoms with van der Waals surface area (Å²) in [4.78, 5) is 32.5. The molecule has 0 bridgehead atoms. The summed E-state index contributed by atoms with van der Waals surface area (Å²) in [5.41, 5.74) is 4.85. The molecule has 0 saturated carbocycles. The van der Waals surface area contributed by atoms with Crippen molar-refractivity contribution in [1.29, 1.82) is 0 Å². The summed E-state index contributed by atoms with van der Waals surface area (Å²) in [5.74, 6) is 0.768. The Morgan fingerprint density at radius 1 is 0.842 bits per heavy atom. The van der Waals surface area contributed by atoms with Crippen molar-refractivity contribution in [1.82, 2.24) is 9.97 Å². The molecule has 2 heterocycles. The molecule has 0 spiro atoms. The van der Waals surface area contributed by atoms with Gasteiger partial charge in [0.05, 0.1) is 11.0 Å². The van der Waals surface area contributed by atoms with Gasteiger partial charge in [-0.15, -0.1) is 0 Å². The second-order valence-corrected chi connectivity index (χ2v) is 10.3. The van der Waals surface area contributed by atoms with Crippen LogP contribution >= 0.6 is 11.8 Å². The minimum Gasteiger partial charge on any atom is -0.378 e. The average Bonchev–Trinajstić information content (AvgIpc) is 3.50. The zero-order valence-electron chi connectivity index (χ0n) is 21.0. The minimum atomic E-state index is -0.224. The number of benzene rings is 4. The number of fused-ring (bicyclic) bond motifs is 1. The molecule has 186 valence electrons. The molecule has 1 amide bonds. The van der Waals surface area contributed by atoms with Gasteiger partial charge in [-0.25, -0.2) is 14.9 Å². The van der Waals surface area contributed by atoms with Crippen molar-refractivity contribution in [3.63, 3.8) is 0 Å². The number of imidazole rings is 1. The number of anilines is 2. The van der Waals surface area contributed by atoms with E-state index in [2.05, 4.69) is 23.2 Å². The van der Waals surface area contributed by atoms with Crippen LogP contribution in [0.1, 0.15) is 11.1 Å². The zero-order valence-corrected chi connectivity index (χ0v) is 21.8. The van der Waals surface area contributed by atoms with E-state index in [0.29, 0.717) is 17.5 Å². The Kier molecular flexibility index (Phi) is 6.27. The lowest BCUT2D eigenvalue weighted by Gasteiger charge is -2.15. The number of H-pyrrole nitrogens is 1. The first-order valence-electron chi connectivity index (χ1n) is 12.3. The molecule has 6 rings (SSSR count). The molecule has 0 unspecified atom stereocenters. The minimum absolute atomic E-state index is 0.224. The van der Waals surface area contributed by atoms with Crippen LogP contribution in [0.2, 0.25) is 0 Å². The Labute approximate surface area is 225 Å². The molecule has 0 saturated heterocycles. The van der Waals surface area contributed by atoms with Gasteiger partial charge in [-0.1, -0.05) is 72.4 Å². The Morgan fingerprint density at radius 3 is 2.26 bits per heavy atom. The SMILES string of the molecule is CN(C)c1ccc(/C=C2/N=C(c3ccccc3)N(c3nc4ccc(Sc5ccccc5)cc4[nH]3)C2=O)cc1. The maximum Gasteiger partial charge on any atom is 0.285 e. The number of aliphatic imine (C=N–C) groups is 1. The summed E-state index contributed by atoms with van der Waals surface area (Å²) in [7, 11) is 4.00. The van der Waals surface area contributed by atoms with Gasteiger partial charge in [0.25, 0.3) is 5.91 Å². The Balaban J connectivity index is 1.37. The normalized spacial score (nSPS) is 14.4. The highest BCUT2D eigenvalue weighted by Gasteiger charge is 2.34. The molecule has 1 aliphatic rings. The van der Waals surface area contributed by atoms with Crippen molar-refractivity contribution in [2.75, 3.05) is 23.9 Å². The van der Waals surface area contributed by atoms with E-state index in [-0.39, 0.29) is 5.91 Å². The van der Waals surface area contributed by atoms with Gasteiger partial charge in [0.15, 0.2) is 5.84 Å². The lowest BCUT2D eigenvalue weighted by Crippen LogP contribution is -2.33. The molecule has 0 radical (unpaired) electrons. The number of aromatic amines is 1. The van der Waals surface area contributed by atoms with Crippen molar-refractivity contribution in [2.45, 2.75) is 9.79 Å². The van der Waals surface area contributed by atoms with E-state index in [4.69, 9.17) is 9.98 Å². The molecule has 4 aromatic carbocycles. The third-order valence-electron chi connectivity index (χ3n) is 6.24. The molecule has 5 aromatic rings. The number of carbonyl (C=O) groups is 1. The van der Waals surface area contributed by atoms with E-state index >= 15 is 0 Å². The molecule has 1 aliphatic heterocycles. The van der Waals surface area contributed by atoms with E-state index in [1.807, 2.05) is 110 Å². The summed E-state index contributed by atoms with van der Waals surface area (Å²) in [6.07, 6.45) is 1.82. The number of hydrogen-bond acceptors (Lipinski definition) is 5. The van der Waals surface area contributed by atoms with Gasteiger partial charge in [0, 0.05) is 35.1 Å². The second kappa shape index (κ2) is 10.0. The number of carbonyl (C=O) groups excluding carboxylic acids is 1. The van der Waals surface area contributed by atoms with Gasteiger partial charge in [-0.2, -0.15) is 0 Å². The molecule has 0 fully saturated rings. The van der Waals surface area contributed by atoms with E-state index in [1.165, 1.54) is 0 Å². The predicted molar refractivity (Wildman–Crippen MR) is 156 cm³/mol. The lowest BCUT2D eigenvalue weighted by molar-refractivity contribution is -0.113. The second-order valence-electron chi connectivity index (χ2n) is 9.11. The van der Waals surface area contributed by atoms with Crippen LogP contribution < -0.4 is 9.80 Å². The maximum atomic E-state index is 13.7. The third kappa shape index (κ3) is 4.71. The van der Waals surface area contributed by atoms with Crippen LogP contribution in [0, 0.1) is 0 Å². The highest BCUT2D eigenvalue weighted by atomic mass is 32.2. The zero-order chi connectivity index (χ0) is 26.1. The lowest BCUT2D eigenvalue weighted by atomic mass is 10.1. The van der Waals surface area contributed by atoms with Crippen LogP contribution in [-0.4, -0.2) is 35.8 Å². The Bertz CT molecular complexity index is 1670. The summed E-state index contributed by atoms with van der Waals surface area (Å²) < 4.78 is 0. The summed E-state index contributed by atoms with van der Waals surface area (Å²) >= 11 is 1.68. The summed E-state index contributed by atoms with van der Waals surface area (Å²) in [6, 6.07) is 34.1. The van der Waals surface area contributed by atoms with Gasteiger partial charge >= 0.3 is 0 Å². The highest BCUT2D eigenvalue weighted by molar-refractivity contribution is 7.99. The largest absolute Gasteiger partial charge is 0.378 e. The van der Waals surface area contributed by atoms with Crippen LogP contribution in [-0.2, 0) is 4.79 Å². The third-order valence-corrected chi connectivity index (χ3v) is 7.23. The number of aromatic nitrogens is 2. The number of rotatable bonds is 6. The molecule has 7 heteroatoms. The predicted octanol–water partition coefficient (Wildman–Crippen LogP) is 6.61. The number of hydrogen-bond donors (Lipinski definition) is 1. The fraction of sp³-hybridized carbons (Fsp3) is 0.0645. The van der Waals surface area contributed by atoms with E-state index in [9.17, 15) is 4.79 Å². The van der Waals surface area contributed by atoms with E-state index < -0.39 is 0 Å². The van der Waals surface area contributed by atoms with Crippen molar-refractivity contribution >= 4 is 52.2 Å². The van der Waals surface area contributed by atoms with Crippen molar-refractivity contribution in [3.05, 3.63) is 120 Å². The van der Waals surface area contributed by atoms with Gasteiger partial charge in [0.1, 0.15) is 5.70 Å². The average molecular weight is 516 g/mol. The fourth-order valence-corrected chi connectivity index (χ4v) is 5.17. The van der Waals surface area contributed by atoms with Crippen molar-refractivity contribution < 1.29 is 4.79 Å². The quantitative estimate of drug-likeness (QED) is 0.258. The standard InChI is InChI=1S/C31H25N5OS/c1-35(2)23-15-13-21(14-16-23)19-28-30(37)36(29(32-28)22-9-5-3-6-10-22)31-33-26-18-17-25(20-27(26)34-31)38-24-11-7-4-8-12-24/h3-20H,1-2H3,(H,33,34)/b28-19+. The molecule has 6 nitrogen and oxygen atoms in total. The first kappa shape index (κ1) is 23.8. The van der Waals surface area contributed by atoms with Gasteiger partial charge in [-0.3, -0.25) is 4.79 Å². The maximum absolute atomic E-state index is 13.7. The molecule has 1 N–H and O–H groups in total. The number of amides is 1. The number of nitrogens with zero attached hydrogens (tertiary/aromatic N) is 4. The van der Waals surface area contributed by atoms with Crippen LogP contribution in [0.15, 0.2) is 124 Å². The Hall–Kier alpha value is -4.62. The molecular weight excluding hydrogens is 490 g/mol. The molecule has 0 aliphatic carbocycles. The topological polar surface area (TPSA) is 64.6 Å². The molecule has 0 atom stereocenters. The molecule has 1 aromatic heterocycles. The summed E-state index contributed by atoms with van der Waals surface area (Å²) in [5, 5.41) is 0. The van der Waals surface area contributed by atoms with Crippen LogP contribution in [0.25, 0.3) is 17.1 Å². The molecule has 38 heavy (non-hydrogen) atoms. The van der Waals surface area contributed by atoms with Gasteiger partial charge in [-0.05, 0) is 54.1 Å². The Morgan fingerprint density at radius 2 is 1.55 bits per heavy atom. The first-order valence-corrected chi connectivity index (χ1v) is 13.1.